The van der Waals surface area contributed by atoms with Gasteiger partial charge in [0.15, 0.2) is 0 Å². The minimum Gasteiger partial charge on any atom is -0.495 e. The first-order valence-corrected chi connectivity index (χ1v) is 9.13. The zero-order valence-corrected chi connectivity index (χ0v) is 14.7. The largest absolute Gasteiger partial charge is 0.495 e. The van der Waals surface area contributed by atoms with Crippen LogP contribution < -0.4 is 9.46 Å². The van der Waals surface area contributed by atoms with Gasteiger partial charge in [0.25, 0.3) is 10.0 Å². The number of fused-ring (bicyclic) bond motifs is 1. The van der Waals surface area contributed by atoms with E-state index >= 15 is 0 Å². The molecule has 0 aliphatic heterocycles. The monoisotopic (exact) mass is 365 g/mol. The highest BCUT2D eigenvalue weighted by molar-refractivity contribution is 7.93. The Morgan fingerprint density at radius 1 is 1.33 bits per heavy atom. The first-order valence-electron chi connectivity index (χ1n) is 7.27. The van der Waals surface area contributed by atoms with Crippen molar-refractivity contribution >= 4 is 38.3 Å². The summed E-state index contributed by atoms with van der Waals surface area (Å²) in [4.78, 5) is 7.14. The molecule has 0 spiro atoms. The van der Waals surface area contributed by atoms with E-state index in [9.17, 15) is 8.42 Å². The molecule has 0 saturated heterocycles. The molecule has 0 aliphatic rings. The fraction of sp³-hybridized carbons (Fsp3) is 0.188. The number of pyridine rings is 1. The summed E-state index contributed by atoms with van der Waals surface area (Å²) in [5.41, 5.74) is 1.90. The van der Waals surface area contributed by atoms with E-state index < -0.39 is 10.0 Å². The molecule has 0 bridgehead atoms. The van der Waals surface area contributed by atoms with Gasteiger partial charge in [-0.15, -0.1) is 0 Å². The summed E-state index contributed by atoms with van der Waals surface area (Å²) in [5.74, 6) is 0.478. The van der Waals surface area contributed by atoms with Gasteiger partial charge in [0.1, 0.15) is 21.5 Å². The summed E-state index contributed by atoms with van der Waals surface area (Å²) < 4.78 is 32.9. The smallest absolute Gasteiger partial charge is 0.265 e. The molecule has 2 aromatic heterocycles. The fourth-order valence-corrected chi connectivity index (χ4v) is 3.77. The number of aromatic nitrogens is 2. The molecule has 8 heteroatoms. The Hall–Kier alpha value is -2.25. The maximum Gasteiger partial charge on any atom is 0.265 e. The summed E-state index contributed by atoms with van der Waals surface area (Å²) in [6.45, 7) is 2.04. The highest BCUT2D eigenvalue weighted by Crippen LogP contribution is 2.28. The second-order valence-electron chi connectivity index (χ2n) is 5.20. The van der Waals surface area contributed by atoms with Gasteiger partial charge in [0, 0.05) is 23.2 Å². The number of benzene rings is 1. The summed E-state index contributed by atoms with van der Waals surface area (Å²) in [5, 5.41) is 0.931. The molecular formula is C16H16ClN3O3S. The number of aromatic amines is 1. The molecule has 2 N–H and O–H groups in total. The van der Waals surface area contributed by atoms with Crippen molar-refractivity contribution < 1.29 is 13.2 Å². The van der Waals surface area contributed by atoms with Crippen LogP contribution in [0.25, 0.3) is 10.9 Å². The molecule has 0 unspecified atom stereocenters. The van der Waals surface area contributed by atoms with Crippen LogP contribution in [0.15, 0.2) is 41.6 Å². The lowest BCUT2D eigenvalue weighted by atomic mass is 10.1. The quantitative estimate of drug-likeness (QED) is 0.723. The second-order valence-corrected chi connectivity index (χ2v) is 7.25. The van der Waals surface area contributed by atoms with Crippen LogP contribution in [0, 0.1) is 0 Å². The van der Waals surface area contributed by atoms with Gasteiger partial charge in [-0.2, -0.15) is 0 Å². The molecule has 0 aliphatic carbocycles. The summed E-state index contributed by atoms with van der Waals surface area (Å²) in [7, 11) is -2.35. The number of sulfonamides is 1. The summed E-state index contributed by atoms with van der Waals surface area (Å²) in [6, 6.07) is 7.09. The number of aryl methyl sites for hydroxylation is 1. The number of hydrogen-bond donors (Lipinski definition) is 2. The van der Waals surface area contributed by atoms with Crippen molar-refractivity contribution in [3.63, 3.8) is 0 Å². The molecule has 126 valence electrons. The SMILES string of the molecule is CCc1ccc2c(S(=O)(=O)Nc3cc(OC)c(Cl)cn3)c[nH]c2c1. The highest BCUT2D eigenvalue weighted by Gasteiger charge is 2.20. The molecule has 0 atom stereocenters. The van der Waals surface area contributed by atoms with Crippen molar-refractivity contribution in [3.8, 4) is 5.75 Å². The van der Waals surface area contributed by atoms with Gasteiger partial charge in [-0.05, 0) is 18.1 Å². The van der Waals surface area contributed by atoms with Crippen molar-refractivity contribution in [1.82, 2.24) is 9.97 Å². The van der Waals surface area contributed by atoms with Crippen LogP contribution in [0.3, 0.4) is 0 Å². The predicted molar refractivity (Wildman–Crippen MR) is 94.3 cm³/mol. The third kappa shape index (κ3) is 3.05. The maximum absolute atomic E-state index is 12.7. The Balaban J connectivity index is 1.99. The number of nitrogens with zero attached hydrogens (tertiary/aromatic N) is 1. The third-order valence-corrected chi connectivity index (χ3v) is 5.36. The zero-order chi connectivity index (χ0) is 17.3. The Morgan fingerprint density at radius 2 is 2.12 bits per heavy atom. The van der Waals surface area contributed by atoms with Crippen LogP contribution >= 0.6 is 11.6 Å². The normalized spacial score (nSPS) is 11.6. The summed E-state index contributed by atoms with van der Waals surface area (Å²) in [6.07, 6.45) is 3.68. The lowest BCUT2D eigenvalue weighted by molar-refractivity contribution is 0.415. The molecule has 0 fully saturated rings. The van der Waals surface area contributed by atoms with E-state index in [0.717, 1.165) is 17.5 Å². The van der Waals surface area contributed by atoms with Gasteiger partial charge in [-0.3, -0.25) is 4.72 Å². The fourth-order valence-electron chi connectivity index (χ4n) is 2.41. The average Bonchev–Trinajstić information content (AvgIpc) is 3.00. The molecule has 0 saturated carbocycles. The van der Waals surface area contributed by atoms with Crippen LogP contribution in [0.5, 0.6) is 5.75 Å². The molecule has 3 rings (SSSR count). The minimum atomic E-state index is -3.80. The Morgan fingerprint density at radius 3 is 2.83 bits per heavy atom. The number of halogens is 1. The molecule has 0 radical (unpaired) electrons. The number of anilines is 1. The number of hydrogen-bond acceptors (Lipinski definition) is 4. The van der Waals surface area contributed by atoms with E-state index in [1.165, 1.54) is 25.6 Å². The van der Waals surface area contributed by atoms with Gasteiger partial charge in [0.2, 0.25) is 0 Å². The topological polar surface area (TPSA) is 84.1 Å². The molecule has 6 nitrogen and oxygen atoms in total. The van der Waals surface area contributed by atoms with Crippen LogP contribution in [0.2, 0.25) is 5.02 Å². The Kier molecular flexibility index (Phi) is 4.38. The summed E-state index contributed by atoms with van der Waals surface area (Å²) >= 11 is 5.90. The maximum atomic E-state index is 12.7. The van der Waals surface area contributed by atoms with Crippen LogP contribution in [0.4, 0.5) is 5.82 Å². The van der Waals surface area contributed by atoms with Gasteiger partial charge in [0.05, 0.1) is 13.3 Å². The average molecular weight is 366 g/mol. The number of H-pyrrole nitrogens is 1. The molecule has 0 amide bonds. The van der Waals surface area contributed by atoms with E-state index in [0.29, 0.717) is 16.2 Å². The Bertz CT molecular complexity index is 999. The van der Waals surface area contributed by atoms with E-state index in [4.69, 9.17) is 16.3 Å². The van der Waals surface area contributed by atoms with Crippen LogP contribution in [-0.2, 0) is 16.4 Å². The molecule has 2 heterocycles. The van der Waals surface area contributed by atoms with Gasteiger partial charge in [-0.25, -0.2) is 13.4 Å². The van der Waals surface area contributed by atoms with E-state index in [-0.39, 0.29) is 10.7 Å². The standard InChI is InChI=1S/C16H16ClN3O3S/c1-3-10-4-5-11-13(6-10)18-9-15(11)24(21,22)20-16-7-14(23-2)12(17)8-19-16/h4-9,18H,3H2,1-2H3,(H,19,20). The molecule has 1 aromatic carbocycles. The van der Waals surface area contributed by atoms with Gasteiger partial charge in [-0.1, -0.05) is 30.7 Å². The molecule has 3 aromatic rings. The van der Waals surface area contributed by atoms with Crippen molar-refractivity contribution in [2.75, 3.05) is 11.8 Å². The van der Waals surface area contributed by atoms with E-state index in [1.54, 1.807) is 6.07 Å². The third-order valence-electron chi connectivity index (χ3n) is 3.68. The van der Waals surface area contributed by atoms with Crippen LogP contribution in [-0.4, -0.2) is 25.5 Å². The Labute approximate surface area is 144 Å². The zero-order valence-electron chi connectivity index (χ0n) is 13.1. The van der Waals surface area contributed by atoms with Crippen LogP contribution in [0.1, 0.15) is 12.5 Å². The molecule has 24 heavy (non-hydrogen) atoms. The first kappa shape index (κ1) is 16.6. The number of ether oxygens (including phenoxy) is 1. The van der Waals surface area contributed by atoms with Crippen molar-refractivity contribution in [3.05, 3.63) is 47.2 Å². The predicted octanol–water partition coefficient (Wildman–Crippen LogP) is 3.59. The minimum absolute atomic E-state index is 0.135. The van der Waals surface area contributed by atoms with E-state index in [1.807, 2.05) is 19.1 Å². The van der Waals surface area contributed by atoms with Crippen molar-refractivity contribution in [2.24, 2.45) is 0 Å². The second kappa shape index (κ2) is 6.33. The van der Waals surface area contributed by atoms with E-state index in [2.05, 4.69) is 14.7 Å². The lowest BCUT2D eigenvalue weighted by Gasteiger charge is -2.09. The first-order chi connectivity index (χ1) is 11.4. The lowest BCUT2D eigenvalue weighted by Crippen LogP contribution is -2.13. The van der Waals surface area contributed by atoms with Gasteiger partial charge < -0.3 is 9.72 Å². The number of nitrogens with one attached hydrogen (secondary N) is 2. The van der Waals surface area contributed by atoms with Crippen molar-refractivity contribution in [1.29, 1.82) is 0 Å². The van der Waals surface area contributed by atoms with Crippen molar-refractivity contribution in [2.45, 2.75) is 18.2 Å². The molecular weight excluding hydrogens is 350 g/mol. The highest BCUT2D eigenvalue weighted by atomic mass is 35.5. The van der Waals surface area contributed by atoms with Gasteiger partial charge >= 0.3 is 0 Å². The number of rotatable bonds is 5. The number of methoxy groups -OCH3 is 1.